The van der Waals surface area contributed by atoms with Gasteiger partial charge in [-0.25, -0.2) is 0 Å². The fourth-order valence-electron chi connectivity index (χ4n) is 1.63. The van der Waals surface area contributed by atoms with Crippen molar-refractivity contribution < 1.29 is 4.74 Å². The van der Waals surface area contributed by atoms with Crippen LogP contribution in [0.1, 0.15) is 18.9 Å². The SMILES string of the molecule is CCCNc1nc(NCc2ccc(Cl)cc2)nc(OC)n1. The molecule has 2 rings (SSSR count). The Hall–Kier alpha value is -2.08. The third-order valence-electron chi connectivity index (χ3n) is 2.69. The highest BCUT2D eigenvalue weighted by Gasteiger charge is 2.06. The van der Waals surface area contributed by atoms with Gasteiger partial charge >= 0.3 is 6.01 Å². The second-order valence-electron chi connectivity index (χ2n) is 4.38. The summed E-state index contributed by atoms with van der Waals surface area (Å²) < 4.78 is 5.08. The lowest BCUT2D eigenvalue weighted by molar-refractivity contribution is 0.379. The summed E-state index contributed by atoms with van der Waals surface area (Å²) in [6.45, 7) is 3.46. The molecule has 0 saturated carbocycles. The minimum absolute atomic E-state index is 0.280. The highest BCUT2D eigenvalue weighted by atomic mass is 35.5. The molecular weight excluding hydrogens is 290 g/mol. The van der Waals surface area contributed by atoms with Crippen LogP contribution in [0.5, 0.6) is 6.01 Å². The average Bonchev–Trinajstić information content (AvgIpc) is 2.52. The number of nitrogens with one attached hydrogen (secondary N) is 2. The molecule has 0 amide bonds. The molecule has 0 spiro atoms. The van der Waals surface area contributed by atoms with E-state index >= 15 is 0 Å². The summed E-state index contributed by atoms with van der Waals surface area (Å²) >= 11 is 5.86. The molecule has 0 aliphatic rings. The lowest BCUT2D eigenvalue weighted by Crippen LogP contribution is -2.10. The minimum atomic E-state index is 0.280. The molecule has 0 fully saturated rings. The second-order valence-corrected chi connectivity index (χ2v) is 4.81. The van der Waals surface area contributed by atoms with Gasteiger partial charge in [-0.3, -0.25) is 0 Å². The Kier molecular flexibility index (Phi) is 5.57. The summed E-state index contributed by atoms with van der Waals surface area (Å²) in [5.41, 5.74) is 1.09. The molecule has 1 aromatic heterocycles. The molecular formula is C14H18ClN5O. The fraction of sp³-hybridized carbons (Fsp3) is 0.357. The number of methoxy groups -OCH3 is 1. The van der Waals surface area contributed by atoms with Gasteiger partial charge in [-0.1, -0.05) is 30.7 Å². The quantitative estimate of drug-likeness (QED) is 0.819. The summed E-state index contributed by atoms with van der Waals surface area (Å²) in [6.07, 6.45) is 0.988. The minimum Gasteiger partial charge on any atom is -0.467 e. The lowest BCUT2D eigenvalue weighted by atomic mass is 10.2. The first-order valence-corrected chi connectivity index (χ1v) is 7.11. The first-order valence-electron chi connectivity index (χ1n) is 6.73. The number of nitrogens with zero attached hydrogens (tertiary/aromatic N) is 3. The van der Waals surface area contributed by atoms with Crippen molar-refractivity contribution in [2.75, 3.05) is 24.3 Å². The molecule has 7 heteroatoms. The van der Waals surface area contributed by atoms with E-state index in [4.69, 9.17) is 16.3 Å². The van der Waals surface area contributed by atoms with Gasteiger partial charge in [0.2, 0.25) is 11.9 Å². The number of anilines is 2. The summed E-state index contributed by atoms with van der Waals surface area (Å²) in [4.78, 5) is 12.6. The van der Waals surface area contributed by atoms with Crippen molar-refractivity contribution in [2.24, 2.45) is 0 Å². The van der Waals surface area contributed by atoms with Gasteiger partial charge in [0.25, 0.3) is 0 Å². The number of hydrogen-bond acceptors (Lipinski definition) is 6. The Bertz CT molecular complexity index is 576. The molecule has 1 aromatic carbocycles. The standard InChI is InChI=1S/C14H18ClN5O/c1-3-8-16-12-18-13(20-14(19-12)21-2)17-9-10-4-6-11(15)7-5-10/h4-7H,3,8-9H2,1-2H3,(H2,16,17,18,19,20). The molecule has 0 saturated heterocycles. The summed E-state index contributed by atoms with van der Waals surface area (Å²) in [7, 11) is 1.53. The van der Waals surface area contributed by atoms with Gasteiger partial charge in [-0.05, 0) is 24.1 Å². The summed E-state index contributed by atoms with van der Waals surface area (Å²) in [6, 6.07) is 7.87. The number of benzene rings is 1. The number of ether oxygens (including phenoxy) is 1. The highest BCUT2D eigenvalue weighted by Crippen LogP contribution is 2.13. The van der Waals surface area contributed by atoms with Crippen LogP contribution in [0.25, 0.3) is 0 Å². The topological polar surface area (TPSA) is 72.0 Å². The van der Waals surface area contributed by atoms with E-state index < -0.39 is 0 Å². The Morgan fingerprint density at radius 1 is 1.05 bits per heavy atom. The largest absolute Gasteiger partial charge is 0.467 e. The highest BCUT2D eigenvalue weighted by molar-refractivity contribution is 6.30. The first kappa shape index (κ1) is 15.3. The third-order valence-corrected chi connectivity index (χ3v) is 2.95. The van der Waals surface area contributed by atoms with Gasteiger partial charge < -0.3 is 15.4 Å². The lowest BCUT2D eigenvalue weighted by Gasteiger charge is -2.09. The van der Waals surface area contributed by atoms with Crippen LogP contribution < -0.4 is 15.4 Å². The van der Waals surface area contributed by atoms with Crippen molar-refractivity contribution in [2.45, 2.75) is 19.9 Å². The zero-order valence-corrected chi connectivity index (χ0v) is 12.8. The molecule has 0 aliphatic carbocycles. The van der Waals surface area contributed by atoms with Crippen molar-refractivity contribution in [1.82, 2.24) is 15.0 Å². The number of aromatic nitrogens is 3. The first-order chi connectivity index (χ1) is 10.2. The smallest absolute Gasteiger partial charge is 0.322 e. The zero-order chi connectivity index (χ0) is 15.1. The Morgan fingerprint density at radius 2 is 1.71 bits per heavy atom. The number of rotatable bonds is 7. The molecule has 0 atom stereocenters. The number of hydrogen-bond donors (Lipinski definition) is 2. The molecule has 0 radical (unpaired) electrons. The van der Waals surface area contributed by atoms with Gasteiger partial charge in [0, 0.05) is 18.1 Å². The normalized spacial score (nSPS) is 10.2. The van der Waals surface area contributed by atoms with E-state index in [0.29, 0.717) is 23.5 Å². The molecule has 0 bridgehead atoms. The van der Waals surface area contributed by atoms with E-state index in [1.807, 2.05) is 24.3 Å². The van der Waals surface area contributed by atoms with Crippen LogP contribution in [-0.4, -0.2) is 28.6 Å². The Labute approximate surface area is 128 Å². The maximum absolute atomic E-state index is 5.86. The van der Waals surface area contributed by atoms with Crippen LogP contribution in [0.4, 0.5) is 11.9 Å². The maximum Gasteiger partial charge on any atom is 0.322 e. The average molecular weight is 308 g/mol. The third kappa shape index (κ3) is 4.75. The Morgan fingerprint density at radius 3 is 2.33 bits per heavy atom. The van der Waals surface area contributed by atoms with Gasteiger partial charge in [-0.15, -0.1) is 0 Å². The van der Waals surface area contributed by atoms with Crippen LogP contribution in [-0.2, 0) is 6.54 Å². The van der Waals surface area contributed by atoms with Crippen molar-refractivity contribution in [3.05, 3.63) is 34.9 Å². The van der Waals surface area contributed by atoms with Gasteiger partial charge in [0.05, 0.1) is 7.11 Å². The van der Waals surface area contributed by atoms with Crippen LogP contribution in [0, 0.1) is 0 Å². The van der Waals surface area contributed by atoms with E-state index in [1.54, 1.807) is 0 Å². The van der Waals surface area contributed by atoms with Crippen LogP contribution >= 0.6 is 11.6 Å². The molecule has 1 heterocycles. The zero-order valence-electron chi connectivity index (χ0n) is 12.1. The van der Waals surface area contributed by atoms with Crippen molar-refractivity contribution in [3.63, 3.8) is 0 Å². The fourth-order valence-corrected chi connectivity index (χ4v) is 1.75. The van der Waals surface area contributed by atoms with Crippen molar-refractivity contribution >= 4 is 23.5 Å². The molecule has 0 aliphatic heterocycles. The monoisotopic (exact) mass is 307 g/mol. The molecule has 21 heavy (non-hydrogen) atoms. The van der Waals surface area contributed by atoms with Crippen molar-refractivity contribution in [3.8, 4) is 6.01 Å². The van der Waals surface area contributed by atoms with Gasteiger partial charge in [0.15, 0.2) is 0 Å². The van der Waals surface area contributed by atoms with E-state index in [9.17, 15) is 0 Å². The summed E-state index contributed by atoms with van der Waals surface area (Å²) in [5.74, 6) is 0.970. The molecule has 6 nitrogen and oxygen atoms in total. The van der Waals surface area contributed by atoms with Crippen molar-refractivity contribution in [1.29, 1.82) is 0 Å². The predicted octanol–water partition coefficient (Wildman–Crippen LogP) is 2.97. The van der Waals surface area contributed by atoms with Crippen LogP contribution in [0.2, 0.25) is 5.02 Å². The van der Waals surface area contributed by atoms with E-state index in [0.717, 1.165) is 18.5 Å². The molecule has 0 unspecified atom stereocenters. The maximum atomic E-state index is 5.86. The molecule has 2 aromatic rings. The summed E-state index contributed by atoms with van der Waals surface area (Å²) in [5, 5.41) is 6.98. The molecule has 112 valence electrons. The van der Waals surface area contributed by atoms with Crippen LogP contribution in [0.3, 0.4) is 0 Å². The van der Waals surface area contributed by atoms with E-state index in [-0.39, 0.29) is 6.01 Å². The van der Waals surface area contributed by atoms with Gasteiger partial charge in [0.1, 0.15) is 0 Å². The number of halogens is 1. The van der Waals surface area contributed by atoms with E-state index in [2.05, 4.69) is 32.5 Å². The predicted molar refractivity (Wildman–Crippen MR) is 83.9 cm³/mol. The van der Waals surface area contributed by atoms with E-state index in [1.165, 1.54) is 7.11 Å². The Balaban J connectivity index is 2.05. The second kappa shape index (κ2) is 7.64. The van der Waals surface area contributed by atoms with Crippen LogP contribution in [0.15, 0.2) is 24.3 Å². The van der Waals surface area contributed by atoms with Gasteiger partial charge in [-0.2, -0.15) is 15.0 Å². The molecule has 2 N–H and O–H groups in total.